The Labute approximate surface area is 79.7 Å². The molecule has 0 aromatic rings. The van der Waals surface area contributed by atoms with E-state index in [2.05, 4.69) is 0 Å². The van der Waals surface area contributed by atoms with Crippen LogP contribution in [0.5, 0.6) is 0 Å². The van der Waals surface area contributed by atoms with Gasteiger partial charge in [0.25, 0.3) is 0 Å². The van der Waals surface area contributed by atoms with Crippen LogP contribution in [0.25, 0.3) is 0 Å². The van der Waals surface area contributed by atoms with Crippen molar-refractivity contribution in [1.82, 2.24) is 0 Å². The topological polar surface area (TPSA) is 26.3 Å². The van der Waals surface area contributed by atoms with Gasteiger partial charge in [-0.1, -0.05) is 12.8 Å². The van der Waals surface area contributed by atoms with Crippen molar-refractivity contribution < 1.29 is 9.53 Å². The van der Waals surface area contributed by atoms with Crippen LogP contribution in [0, 0.1) is 5.92 Å². The fourth-order valence-corrected chi connectivity index (χ4v) is 2.37. The van der Waals surface area contributed by atoms with E-state index in [0.717, 1.165) is 25.4 Å². The molecule has 2 aliphatic rings. The Hall–Kier alpha value is -0.370. The molecular formula is C11H18O2. The quantitative estimate of drug-likeness (QED) is 0.669. The molecule has 0 saturated heterocycles. The van der Waals surface area contributed by atoms with E-state index in [4.69, 9.17) is 4.74 Å². The molecule has 0 heterocycles. The van der Waals surface area contributed by atoms with Crippen molar-refractivity contribution in [2.45, 2.75) is 51.0 Å². The Kier molecular flexibility index (Phi) is 2.99. The highest BCUT2D eigenvalue weighted by atomic mass is 16.5. The molecule has 0 aromatic carbocycles. The van der Waals surface area contributed by atoms with Crippen LogP contribution in [0.4, 0.5) is 0 Å². The third kappa shape index (κ3) is 2.53. The van der Waals surface area contributed by atoms with Gasteiger partial charge in [-0.2, -0.15) is 0 Å². The van der Waals surface area contributed by atoms with Crippen molar-refractivity contribution in [3.05, 3.63) is 0 Å². The molecule has 0 bridgehead atoms. The van der Waals surface area contributed by atoms with E-state index in [9.17, 15) is 4.79 Å². The van der Waals surface area contributed by atoms with Gasteiger partial charge in [0.15, 0.2) is 0 Å². The molecule has 0 spiro atoms. The van der Waals surface area contributed by atoms with E-state index in [1.807, 2.05) is 0 Å². The third-order valence-corrected chi connectivity index (χ3v) is 3.24. The summed E-state index contributed by atoms with van der Waals surface area (Å²) >= 11 is 0. The van der Waals surface area contributed by atoms with Crippen molar-refractivity contribution in [2.24, 2.45) is 5.92 Å². The first kappa shape index (κ1) is 9.20. The van der Waals surface area contributed by atoms with Gasteiger partial charge in [0.05, 0.1) is 6.10 Å². The molecular weight excluding hydrogens is 164 g/mol. The summed E-state index contributed by atoms with van der Waals surface area (Å²) in [6, 6.07) is 0. The second-order valence-electron chi connectivity index (χ2n) is 4.39. The Morgan fingerprint density at radius 1 is 1.23 bits per heavy atom. The molecule has 0 N–H and O–H groups in total. The number of Topliss-reactive ketones (excluding diaryl/α,β-unsaturated/α-hetero) is 1. The monoisotopic (exact) mass is 182 g/mol. The summed E-state index contributed by atoms with van der Waals surface area (Å²) in [5.74, 6) is 1.17. The maximum Gasteiger partial charge on any atom is 0.135 e. The van der Waals surface area contributed by atoms with Crippen molar-refractivity contribution >= 4 is 5.78 Å². The molecule has 2 nitrogen and oxygen atoms in total. The minimum Gasteiger partial charge on any atom is -0.377 e. The Balaban J connectivity index is 1.64. The number of rotatable bonds is 3. The van der Waals surface area contributed by atoms with Gasteiger partial charge >= 0.3 is 0 Å². The molecule has 2 saturated carbocycles. The van der Waals surface area contributed by atoms with Crippen LogP contribution >= 0.6 is 0 Å². The molecule has 13 heavy (non-hydrogen) atoms. The second kappa shape index (κ2) is 4.23. The minimum absolute atomic E-state index is 0.258. The lowest BCUT2D eigenvalue weighted by molar-refractivity contribution is -0.118. The van der Waals surface area contributed by atoms with Crippen molar-refractivity contribution in [3.8, 4) is 0 Å². The van der Waals surface area contributed by atoms with E-state index in [1.165, 1.54) is 25.7 Å². The highest BCUT2D eigenvalue weighted by molar-refractivity contribution is 5.81. The normalized spacial score (nSPS) is 30.2. The lowest BCUT2D eigenvalue weighted by Gasteiger charge is -2.14. The molecule has 2 rings (SSSR count). The summed E-state index contributed by atoms with van der Waals surface area (Å²) in [7, 11) is 0. The average molecular weight is 182 g/mol. The van der Waals surface area contributed by atoms with Gasteiger partial charge in [-0.25, -0.2) is 0 Å². The molecule has 2 aliphatic carbocycles. The highest BCUT2D eigenvalue weighted by Gasteiger charge is 2.24. The fraction of sp³-hybridized carbons (Fsp3) is 0.909. The van der Waals surface area contributed by atoms with Crippen LogP contribution < -0.4 is 0 Å². The first-order chi connectivity index (χ1) is 6.34. The van der Waals surface area contributed by atoms with E-state index in [-0.39, 0.29) is 6.10 Å². The summed E-state index contributed by atoms with van der Waals surface area (Å²) in [6.07, 6.45) is 8.05. The molecule has 2 fully saturated rings. The predicted octanol–water partition coefficient (Wildman–Crippen LogP) is 2.31. The molecule has 0 amide bonds. The Morgan fingerprint density at radius 2 is 2.00 bits per heavy atom. The molecule has 0 aliphatic heterocycles. The summed E-state index contributed by atoms with van der Waals surface area (Å²) in [4.78, 5) is 11.0. The number of carbonyl (C=O) groups is 1. The van der Waals surface area contributed by atoms with E-state index in [0.29, 0.717) is 12.2 Å². The predicted molar refractivity (Wildman–Crippen MR) is 50.6 cm³/mol. The first-order valence-corrected chi connectivity index (χ1v) is 5.48. The van der Waals surface area contributed by atoms with Crippen LogP contribution in [0.3, 0.4) is 0 Å². The summed E-state index contributed by atoms with van der Waals surface area (Å²) in [5.41, 5.74) is 0. The molecule has 0 radical (unpaired) electrons. The number of hydrogen-bond acceptors (Lipinski definition) is 2. The van der Waals surface area contributed by atoms with Gasteiger partial charge in [-0.15, -0.1) is 0 Å². The Morgan fingerprint density at radius 3 is 2.62 bits per heavy atom. The second-order valence-corrected chi connectivity index (χ2v) is 4.39. The third-order valence-electron chi connectivity index (χ3n) is 3.24. The summed E-state index contributed by atoms with van der Waals surface area (Å²) in [5, 5.41) is 0. The zero-order chi connectivity index (χ0) is 9.10. The molecule has 0 aromatic heterocycles. The molecule has 1 atom stereocenters. The van der Waals surface area contributed by atoms with Crippen LogP contribution in [0.2, 0.25) is 0 Å². The first-order valence-electron chi connectivity index (χ1n) is 5.48. The van der Waals surface area contributed by atoms with E-state index >= 15 is 0 Å². The SMILES string of the molecule is O=C1CCC(OCC2CCCC2)C1. The van der Waals surface area contributed by atoms with Crippen LogP contribution in [0.15, 0.2) is 0 Å². The van der Waals surface area contributed by atoms with Crippen LogP contribution in [-0.4, -0.2) is 18.5 Å². The maximum atomic E-state index is 11.0. The van der Waals surface area contributed by atoms with Crippen molar-refractivity contribution in [2.75, 3.05) is 6.61 Å². The van der Waals surface area contributed by atoms with Gasteiger partial charge in [0.1, 0.15) is 5.78 Å². The van der Waals surface area contributed by atoms with Crippen LogP contribution in [-0.2, 0) is 9.53 Å². The van der Waals surface area contributed by atoms with Gasteiger partial charge < -0.3 is 4.74 Å². The van der Waals surface area contributed by atoms with Gasteiger partial charge in [-0.3, -0.25) is 4.79 Å². The van der Waals surface area contributed by atoms with Crippen molar-refractivity contribution in [3.63, 3.8) is 0 Å². The fourth-order valence-electron chi connectivity index (χ4n) is 2.37. The highest BCUT2D eigenvalue weighted by Crippen LogP contribution is 2.26. The standard InChI is InChI=1S/C11H18O2/c12-10-5-6-11(7-10)13-8-9-3-1-2-4-9/h9,11H,1-8H2. The summed E-state index contributed by atoms with van der Waals surface area (Å²) in [6.45, 7) is 0.901. The maximum absolute atomic E-state index is 11.0. The molecule has 2 heteroatoms. The Bertz CT molecular complexity index is 183. The van der Waals surface area contributed by atoms with Gasteiger partial charge in [0, 0.05) is 19.4 Å². The minimum atomic E-state index is 0.258. The van der Waals surface area contributed by atoms with Crippen LogP contribution in [0.1, 0.15) is 44.9 Å². The average Bonchev–Trinajstić information content (AvgIpc) is 2.71. The smallest absolute Gasteiger partial charge is 0.135 e. The number of carbonyl (C=O) groups excluding carboxylic acids is 1. The molecule has 74 valence electrons. The largest absolute Gasteiger partial charge is 0.377 e. The van der Waals surface area contributed by atoms with Gasteiger partial charge in [-0.05, 0) is 25.2 Å². The summed E-state index contributed by atoms with van der Waals surface area (Å²) < 4.78 is 5.74. The van der Waals surface area contributed by atoms with Crippen molar-refractivity contribution in [1.29, 1.82) is 0 Å². The number of ketones is 1. The zero-order valence-corrected chi connectivity index (χ0v) is 8.13. The molecule has 1 unspecified atom stereocenters. The zero-order valence-electron chi connectivity index (χ0n) is 8.13. The lowest BCUT2D eigenvalue weighted by Crippen LogP contribution is -2.14. The van der Waals surface area contributed by atoms with Gasteiger partial charge in [0.2, 0.25) is 0 Å². The van der Waals surface area contributed by atoms with E-state index < -0.39 is 0 Å². The number of ether oxygens (including phenoxy) is 1. The number of hydrogen-bond donors (Lipinski definition) is 0. The lowest BCUT2D eigenvalue weighted by atomic mass is 10.1. The van der Waals surface area contributed by atoms with E-state index in [1.54, 1.807) is 0 Å².